The summed E-state index contributed by atoms with van der Waals surface area (Å²) >= 11 is 0. The van der Waals surface area contributed by atoms with E-state index >= 15 is 0 Å². The zero-order valence-corrected chi connectivity index (χ0v) is 8.83. The summed E-state index contributed by atoms with van der Waals surface area (Å²) in [5, 5.41) is 27.8. The minimum Gasteiger partial charge on any atom is -0.387 e. The lowest BCUT2D eigenvalue weighted by atomic mass is 10.1. The van der Waals surface area contributed by atoms with Crippen LogP contribution in [0.4, 0.5) is 4.39 Å². The first kappa shape index (κ1) is 13.9. The third kappa shape index (κ3) is 2.96. The van der Waals surface area contributed by atoms with Gasteiger partial charge in [-0.3, -0.25) is 4.52 Å². The van der Waals surface area contributed by atoms with Crippen molar-refractivity contribution in [2.24, 2.45) is 0 Å². The lowest BCUT2D eigenvalue weighted by Gasteiger charge is -2.21. The first-order valence-electron chi connectivity index (χ1n) is 4.22. The SMILES string of the molecule is O=P(O)(O)OC[C@H]1O[C@@](O)(CF)[C@@H](O)[C@@H]1O. The second-order valence-corrected chi connectivity index (χ2v) is 4.60. The number of rotatable bonds is 4. The highest BCUT2D eigenvalue weighted by Gasteiger charge is 2.53. The molecule has 0 saturated carbocycles. The van der Waals surface area contributed by atoms with E-state index in [-0.39, 0.29) is 0 Å². The molecular formula is C6H12FO8P. The molecule has 0 aromatic heterocycles. The fraction of sp³-hybridized carbons (Fsp3) is 1.00. The molecule has 1 rings (SSSR count). The molecule has 1 heterocycles. The summed E-state index contributed by atoms with van der Waals surface area (Å²) in [5.41, 5.74) is 0. The molecule has 0 aliphatic carbocycles. The standard InChI is InChI=1S/C6H12FO8P/c7-2-6(10)5(9)4(8)3(15-6)1-14-16(11,12)13/h3-5,8-10H,1-2H2,(H2,11,12,13)/t3-,4-,5+,6+/m1/s1. The Morgan fingerprint density at radius 1 is 1.44 bits per heavy atom. The van der Waals surface area contributed by atoms with Crippen molar-refractivity contribution in [2.45, 2.75) is 24.1 Å². The van der Waals surface area contributed by atoms with Crippen molar-refractivity contribution in [1.82, 2.24) is 0 Å². The van der Waals surface area contributed by atoms with E-state index in [1.165, 1.54) is 0 Å². The smallest absolute Gasteiger partial charge is 0.387 e. The van der Waals surface area contributed by atoms with Crippen LogP contribution in [0.1, 0.15) is 0 Å². The molecule has 0 amide bonds. The topological polar surface area (TPSA) is 137 Å². The van der Waals surface area contributed by atoms with Crippen LogP contribution in [0.25, 0.3) is 0 Å². The lowest BCUT2D eigenvalue weighted by Crippen LogP contribution is -2.44. The van der Waals surface area contributed by atoms with Gasteiger partial charge in [0.05, 0.1) is 6.61 Å². The van der Waals surface area contributed by atoms with Crippen molar-refractivity contribution < 1.29 is 43.3 Å². The van der Waals surface area contributed by atoms with Crippen molar-refractivity contribution >= 4 is 7.82 Å². The van der Waals surface area contributed by atoms with E-state index in [2.05, 4.69) is 9.26 Å². The van der Waals surface area contributed by atoms with Crippen LogP contribution < -0.4 is 0 Å². The molecule has 0 spiro atoms. The Labute approximate surface area is 89.5 Å². The van der Waals surface area contributed by atoms with Crippen molar-refractivity contribution in [1.29, 1.82) is 0 Å². The summed E-state index contributed by atoms with van der Waals surface area (Å²) in [6.07, 6.45) is -5.04. The third-order valence-electron chi connectivity index (χ3n) is 2.12. The maximum Gasteiger partial charge on any atom is 0.469 e. The molecule has 0 unspecified atom stereocenters. The lowest BCUT2D eigenvalue weighted by molar-refractivity contribution is -0.237. The molecule has 5 N–H and O–H groups in total. The van der Waals surface area contributed by atoms with E-state index in [9.17, 15) is 24.3 Å². The second-order valence-electron chi connectivity index (χ2n) is 3.36. The summed E-state index contributed by atoms with van der Waals surface area (Å²) in [7, 11) is -4.76. The first-order valence-corrected chi connectivity index (χ1v) is 5.75. The van der Waals surface area contributed by atoms with Gasteiger partial charge in [0.1, 0.15) is 25.0 Å². The molecule has 96 valence electrons. The zero-order valence-electron chi connectivity index (χ0n) is 7.93. The molecule has 0 bridgehead atoms. The van der Waals surface area contributed by atoms with Crippen molar-refractivity contribution in [2.75, 3.05) is 13.3 Å². The molecule has 0 radical (unpaired) electrons. The second kappa shape index (κ2) is 4.63. The zero-order chi connectivity index (χ0) is 12.6. The predicted octanol–water partition coefficient (Wildman–Crippen LogP) is -2.13. The van der Waals surface area contributed by atoms with Crippen LogP contribution in [0.5, 0.6) is 0 Å². The van der Waals surface area contributed by atoms with Crippen LogP contribution in [0.2, 0.25) is 0 Å². The van der Waals surface area contributed by atoms with Gasteiger partial charge in [0, 0.05) is 0 Å². The van der Waals surface area contributed by atoms with Crippen LogP contribution in [-0.4, -0.2) is 62.5 Å². The summed E-state index contributed by atoms with van der Waals surface area (Å²) < 4.78 is 31.2. The molecule has 16 heavy (non-hydrogen) atoms. The van der Waals surface area contributed by atoms with Gasteiger partial charge in [0.2, 0.25) is 5.79 Å². The van der Waals surface area contributed by atoms with Crippen molar-refractivity contribution in [3.05, 3.63) is 0 Å². The normalized spacial score (nSPS) is 40.2. The monoisotopic (exact) mass is 262 g/mol. The van der Waals surface area contributed by atoms with E-state index < -0.39 is 45.2 Å². The maximum atomic E-state index is 12.3. The van der Waals surface area contributed by atoms with Gasteiger partial charge in [-0.05, 0) is 0 Å². The van der Waals surface area contributed by atoms with Gasteiger partial charge in [-0.1, -0.05) is 0 Å². The van der Waals surface area contributed by atoms with Gasteiger partial charge < -0.3 is 29.8 Å². The number of ether oxygens (including phenoxy) is 1. The maximum absolute atomic E-state index is 12.3. The Hall–Kier alpha value is -0.120. The average Bonchev–Trinajstić information content (AvgIpc) is 2.40. The van der Waals surface area contributed by atoms with Gasteiger partial charge in [-0.15, -0.1) is 0 Å². The molecule has 1 aliphatic rings. The van der Waals surface area contributed by atoms with Gasteiger partial charge in [-0.25, -0.2) is 8.96 Å². The molecule has 1 saturated heterocycles. The van der Waals surface area contributed by atoms with Gasteiger partial charge in [-0.2, -0.15) is 0 Å². The quantitative estimate of drug-likeness (QED) is 0.362. The summed E-state index contributed by atoms with van der Waals surface area (Å²) in [5.74, 6) is -2.58. The average molecular weight is 262 g/mol. The summed E-state index contributed by atoms with van der Waals surface area (Å²) in [6, 6.07) is 0. The number of hydrogen-bond acceptors (Lipinski definition) is 6. The van der Waals surface area contributed by atoms with E-state index in [0.717, 1.165) is 0 Å². The van der Waals surface area contributed by atoms with Crippen molar-refractivity contribution in [3.8, 4) is 0 Å². The molecule has 1 fully saturated rings. The van der Waals surface area contributed by atoms with E-state index in [0.29, 0.717) is 0 Å². The molecule has 0 aromatic carbocycles. The van der Waals surface area contributed by atoms with E-state index in [1.807, 2.05) is 0 Å². The number of aliphatic hydroxyl groups excluding tert-OH is 2. The minimum absolute atomic E-state index is 0.787. The van der Waals surface area contributed by atoms with E-state index in [1.54, 1.807) is 0 Å². The van der Waals surface area contributed by atoms with Crippen LogP contribution >= 0.6 is 7.82 Å². The summed E-state index contributed by atoms with van der Waals surface area (Å²) in [6.45, 7) is -2.26. The predicted molar refractivity (Wildman–Crippen MR) is 45.8 cm³/mol. The number of alkyl halides is 1. The summed E-state index contributed by atoms with van der Waals surface area (Å²) in [4.78, 5) is 16.7. The van der Waals surface area contributed by atoms with Gasteiger partial charge >= 0.3 is 7.82 Å². The van der Waals surface area contributed by atoms with Crippen molar-refractivity contribution in [3.63, 3.8) is 0 Å². The molecule has 0 aromatic rings. The molecule has 10 heteroatoms. The Bertz CT molecular complexity index is 294. The van der Waals surface area contributed by atoms with E-state index in [4.69, 9.17) is 9.79 Å². The molecule has 4 atom stereocenters. The Morgan fingerprint density at radius 2 is 2.00 bits per heavy atom. The largest absolute Gasteiger partial charge is 0.469 e. The highest BCUT2D eigenvalue weighted by molar-refractivity contribution is 7.46. The highest BCUT2D eigenvalue weighted by Crippen LogP contribution is 2.38. The number of phosphoric acid groups is 1. The Balaban J connectivity index is 2.61. The first-order chi connectivity index (χ1) is 7.19. The Kier molecular flexibility index (Phi) is 4.04. The fourth-order valence-corrected chi connectivity index (χ4v) is 1.63. The number of aliphatic hydroxyl groups is 3. The highest BCUT2D eigenvalue weighted by atomic mass is 31.2. The Morgan fingerprint density at radius 3 is 2.38 bits per heavy atom. The number of phosphoric ester groups is 1. The molecule has 8 nitrogen and oxygen atoms in total. The van der Waals surface area contributed by atoms with Crippen LogP contribution in [0.15, 0.2) is 0 Å². The van der Waals surface area contributed by atoms with Crippen LogP contribution in [0.3, 0.4) is 0 Å². The minimum atomic E-state index is -4.76. The fourth-order valence-electron chi connectivity index (χ4n) is 1.29. The molecular weight excluding hydrogens is 250 g/mol. The molecule has 1 aliphatic heterocycles. The van der Waals surface area contributed by atoms with Crippen LogP contribution in [-0.2, 0) is 13.8 Å². The third-order valence-corrected chi connectivity index (χ3v) is 2.61. The van der Waals surface area contributed by atoms with Crippen LogP contribution in [0, 0.1) is 0 Å². The van der Waals surface area contributed by atoms with Gasteiger partial charge in [0.15, 0.2) is 0 Å². The van der Waals surface area contributed by atoms with Gasteiger partial charge in [0.25, 0.3) is 0 Å². The number of hydrogen-bond donors (Lipinski definition) is 5. The number of halogens is 1.